The Hall–Kier alpha value is -0.640. The minimum atomic E-state index is -1.14. The maximum Gasteiger partial charge on any atom is 0.103 e. The molecule has 0 spiro atoms. The molecule has 0 fully saturated rings. The third kappa shape index (κ3) is 6.51. The Kier molecular flexibility index (Phi) is 5.62. The summed E-state index contributed by atoms with van der Waals surface area (Å²) in [5, 5.41) is 26.6. The average Bonchev–Trinajstić information content (AvgIpc) is 2.05. The summed E-state index contributed by atoms with van der Waals surface area (Å²) in [5.74, 6) is 0. The first-order valence-electron chi connectivity index (χ1n) is 4.29. The van der Waals surface area contributed by atoms with Crippen LogP contribution < -0.4 is 0 Å². The van der Waals surface area contributed by atoms with Crippen LogP contribution in [0.4, 0.5) is 0 Å². The van der Waals surface area contributed by atoms with Crippen molar-refractivity contribution in [2.24, 2.45) is 0 Å². The molecule has 3 N–H and O–H groups in total. The minimum absolute atomic E-state index is 0.0378. The Balaban J connectivity index is 3.94. The second kappa shape index (κ2) is 5.91. The van der Waals surface area contributed by atoms with Gasteiger partial charge in [-0.3, -0.25) is 0 Å². The SMILES string of the molecule is C/C(=C\CO)C/C=C/C(C)(O)CO. The lowest BCUT2D eigenvalue weighted by Gasteiger charge is -2.14. The Labute approximate surface area is 79.0 Å². The van der Waals surface area contributed by atoms with E-state index < -0.39 is 5.60 Å². The van der Waals surface area contributed by atoms with Crippen LogP contribution in [0.5, 0.6) is 0 Å². The van der Waals surface area contributed by atoms with Crippen LogP contribution in [0.2, 0.25) is 0 Å². The van der Waals surface area contributed by atoms with Crippen LogP contribution in [-0.4, -0.2) is 34.1 Å². The van der Waals surface area contributed by atoms with E-state index in [9.17, 15) is 5.11 Å². The predicted molar refractivity (Wildman–Crippen MR) is 52.3 cm³/mol. The van der Waals surface area contributed by atoms with Gasteiger partial charge < -0.3 is 15.3 Å². The van der Waals surface area contributed by atoms with Crippen LogP contribution in [0.3, 0.4) is 0 Å². The zero-order chi connectivity index (χ0) is 10.3. The molecule has 0 aromatic rings. The van der Waals surface area contributed by atoms with Gasteiger partial charge in [0.15, 0.2) is 0 Å². The molecule has 0 aromatic carbocycles. The maximum atomic E-state index is 9.36. The molecular formula is C10H18O3. The predicted octanol–water partition coefficient (Wildman–Crippen LogP) is 0.615. The number of hydrogen-bond donors (Lipinski definition) is 3. The van der Waals surface area contributed by atoms with Gasteiger partial charge in [0.1, 0.15) is 5.60 Å². The van der Waals surface area contributed by atoms with Crippen molar-refractivity contribution in [3.8, 4) is 0 Å². The van der Waals surface area contributed by atoms with Gasteiger partial charge in [0.05, 0.1) is 13.2 Å². The summed E-state index contributed by atoms with van der Waals surface area (Å²) in [6, 6.07) is 0. The maximum absolute atomic E-state index is 9.36. The summed E-state index contributed by atoms with van der Waals surface area (Å²) in [7, 11) is 0. The molecule has 1 unspecified atom stereocenters. The van der Waals surface area contributed by atoms with Crippen molar-refractivity contribution in [2.75, 3.05) is 13.2 Å². The number of aliphatic hydroxyl groups is 3. The van der Waals surface area contributed by atoms with Gasteiger partial charge in [0, 0.05) is 0 Å². The van der Waals surface area contributed by atoms with Crippen LogP contribution in [-0.2, 0) is 0 Å². The fourth-order valence-electron chi connectivity index (χ4n) is 0.791. The number of hydrogen-bond acceptors (Lipinski definition) is 3. The van der Waals surface area contributed by atoms with Gasteiger partial charge in [-0.25, -0.2) is 0 Å². The summed E-state index contributed by atoms with van der Waals surface area (Å²) < 4.78 is 0. The molecular weight excluding hydrogens is 168 g/mol. The van der Waals surface area contributed by atoms with Crippen molar-refractivity contribution in [3.63, 3.8) is 0 Å². The largest absolute Gasteiger partial charge is 0.393 e. The number of allylic oxidation sites excluding steroid dienone is 2. The Morgan fingerprint density at radius 2 is 2.00 bits per heavy atom. The van der Waals surface area contributed by atoms with Crippen LogP contribution in [0.25, 0.3) is 0 Å². The Morgan fingerprint density at radius 1 is 1.38 bits per heavy atom. The van der Waals surface area contributed by atoms with Crippen LogP contribution in [0.1, 0.15) is 20.3 Å². The van der Waals surface area contributed by atoms with E-state index in [1.54, 1.807) is 18.2 Å². The van der Waals surface area contributed by atoms with Crippen molar-refractivity contribution in [1.82, 2.24) is 0 Å². The summed E-state index contributed by atoms with van der Waals surface area (Å²) in [5.41, 5.74) is -0.105. The zero-order valence-corrected chi connectivity index (χ0v) is 8.20. The number of rotatable bonds is 5. The van der Waals surface area contributed by atoms with E-state index in [0.29, 0.717) is 6.42 Å². The van der Waals surface area contributed by atoms with Gasteiger partial charge in [0.25, 0.3) is 0 Å². The fourth-order valence-corrected chi connectivity index (χ4v) is 0.791. The van der Waals surface area contributed by atoms with Crippen molar-refractivity contribution in [2.45, 2.75) is 25.9 Å². The first-order valence-corrected chi connectivity index (χ1v) is 4.29. The van der Waals surface area contributed by atoms with Crippen LogP contribution in [0.15, 0.2) is 23.8 Å². The second-order valence-electron chi connectivity index (χ2n) is 3.35. The van der Waals surface area contributed by atoms with Gasteiger partial charge in [-0.15, -0.1) is 0 Å². The standard InChI is InChI=1S/C10H18O3/c1-9(5-7-11)4-3-6-10(2,13)8-12/h3,5-6,11-13H,4,7-8H2,1-2H3/b6-3+,9-5+. The Bertz CT molecular complexity index is 192. The topological polar surface area (TPSA) is 60.7 Å². The lowest BCUT2D eigenvalue weighted by atomic mass is 10.1. The smallest absolute Gasteiger partial charge is 0.103 e. The first-order chi connectivity index (χ1) is 6.02. The highest BCUT2D eigenvalue weighted by molar-refractivity contribution is 5.07. The van der Waals surface area contributed by atoms with E-state index in [0.717, 1.165) is 5.57 Å². The summed E-state index contributed by atoms with van der Waals surface area (Å²) >= 11 is 0. The molecule has 13 heavy (non-hydrogen) atoms. The summed E-state index contributed by atoms with van der Waals surface area (Å²) in [6.07, 6.45) is 5.72. The molecule has 76 valence electrons. The fraction of sp³-hybridized carbons (Fsp3) is 0.600. The van der Waals surface area contributed by atoms with Crippen LogP contribution in [0, 0.1) is 0 Å². The first kappa shape index (κ1) is 12.4. The molecule has 0 bridgehead atoms. The second-order valence-corrected chi connectivity index (χ2v) is 3.35. The van der Waals surface area contributed by atoms with Gasteiger partial charge in [-0.1, -0.05) is 23.8 Å². The van der Waals surface area contributed by atoms with Crippen molar-refractivity contribution in [1.29, 1.82) is 0 Å². The quantitative estimate of drug-likeness (QED) is 0.551. The van der Waals surface area contributed by atoms with E-state index in [1.165, 1.54) is 6.92 Å². The third-order valence-corrected chi connectivity index (χ3v) is 1.68. The molecule has 1 atom stereocenters. The minimum Gasteiger partial charge on any atom is -0.393 e. The van der Waals surface area contributed by atoms with Gasteiger partial charge >= 0.3 is 0 Å². The van der Waals surface area contributed by atoms with E-state index in [1.807, 2.05) is 6.92 Å². The number of aliphatic hydroxyl groups excluding tert-OH is 2. The normalized spacial score (nSPS) is 17.8. The van der Waals surface area contributed by atoms with E-state index in [-0.39, 0.29) is 13.2 Å². The summed E-state index contributed by atoms with van der Waals surface area (Å²) in [4.78, 5) is 0. The molecule has 0 aliphatic heterocycles. The molecule has 0 heterocycles. The molecule has 0 aliphatic carbocycles. The molecule has 0 rings (SSSR count). The summed E-state index contributed by atoms with van der Waals surface area (Å²) in [6.45, 7) is 3.19. The molecule has 3 nitrogen and oxygen atoms in total. The monoisotopic (exact) mass is 186 g/mol. The highest BCUT2D eigenvalue weighted by Crippen LogP contribution is 2.07. The van der Waals surface area contributed by atoms with E-state index in [4.69, 9.17) is 10.2 Å². The van der Waals surface area contributed by atoms with E-state index >= 15 is 0 Å². The third-order valence-electron chi connectivity index (χ3n) is 1.68. The zero-order valence-electron chi connectivity index (χ0n) is 8.20. The molecule has 0 amide bonds. The molecule has 0 aromatic heterocycles. The van der Waals surface area contributed by atoms with E-state index in [2.05, 4.69) is 0 Å². The highest BCUT2D eigenvalue weighted by atomic mass is 16.3. The van der Waals surface area contributed by atoms with Gasteiger partial charge in [-0.05, 0) is 20.3 Å². The molecule has 0 radical (unpaired) electrons. The van der Waals surface area contributed by atoms with Crippen molar-refractivity contribution < 1.29 is 15.3 Å². The van der Waals surface area contributed by atoms with Crippen LogP contribution >= 0.6 is 0 Å². The molecule has 3 heteroatoms. The molecule has 0 saturated heterocycles. The molecule has 0 aliphatic rings. The van der Waals surface area contributed by atoms with Crippen molar-refractivity contribution >= 4 is 0 Å². The van der Waals surface area contributed by atoms with Gasteiger partial charge in [-0.2, -0.15) is 0 Å². The Morgan fingerprint density at radius 3 is 2.46 bits per heavy atom. The average molecular weight is 186 g/mol. The lowest BCUT2D eigenvalue weighted by molar-refractivity contribution is 0.0433. The van der Waals surface area contributed by atoms with Gasteiger partial charge in [0.2, 0.25) is 0 Å². The van der Waals surface area contributed by atoms with Crippen molar-refractivity contribution in [3.05, 3.63) is 23.8 Å². The highest BCUT2D eigenvalue weighted by Gasteiger charge is 2.12. The molecule has 0 saturated carbocycles. The lowest BCUT2D eigenvalue weighted by Crippen LogP contribution is -2.25.